The van der Waals surface area contributed by atoms with E-state index in [4.69, 9.17) is 21.1 Å². The van der Waals surface area contributed by atoms with Crippen LogP contribution < -0.4 is 5.32 Å². The molecule has 9 nitrogen and oxygen atoms in total. The lowest BCUT2D eigenvalue weighted by Gasteiger charge is -2.32. The standard InChI is InChI=1S/C21H21ClFN5O4/c1-21(2,30)15-7-24-13-4-9(3-12(23)17(13)27-15)16-11(22)6-25-20(28-16)26-14-5-10-8-31-19(32-10)18(14)29/h3-4,6-7,10,14,18-19,29-30H,5,8H2,1-2H3,(H,25,26,28)/t10-,14+,18-,19+/m0/s1. The van der Waals surface area contributed by atoms with Crippen LogP contribution >= 0.6 is 11.6 Å². The molecule has 4 atom stereocenters. The highest BCUT2D eigenvalue weighted by molar-refractivity contribution is 6.33. The van der Waals surface area contributed by atoms with Gasteiger partial charge in [-0.15, -0.1) is 0 Å². The average Bonchev–Trinajstić information content (AvgIpc) is 3.16. The van der Waals surface area contributed by atoms with Crippen molar-refractivity contribution in [3.63, 3.8) is 0 Å². The van der Waals surface area contributed by atoms with Crippen molar-refractivity contribution >= 4 is 28.6 Å². The van der Waals surface area contributed by atoms with Gasteiger partial charge in [0.25, 0.3) is 0 Å². The van der Waals surface area contributed by atoms with Crippen LogP contribution in [0.4, 0.5) is 10.3 Å². The first-order chi connectivity index (χ1) is 15.2. The van der Waals surface area contributed by atoms with Crippen molar-refractivity contribution in [3.8, 4) is 11.3 Å². The van der Waals surface area contributed by atoms with E-state index >= 15 is 0 Å². The lowest BCUT2D eigenvalue weighted by molar-refractivity contribution is -0.156. The largest absolute Gasteiger partial charge is 0.386 e. The molecule has 2 fully saturated rings. The minimum Gasteiger partial charge on any atom is -0.386 e. The Hall–Kier alpha value is -2.50. The molecule has 0 spiro atoms. The monoisotopic (exact) mass is 461 g/mol. The molecular formula is C21H21ClFN5O4. The molecule has 2 saturated heterocycles. The maximum atomic E-state index is 14.9. The van der Waals surface area contributed by atoms with Crippen molar-refractivity contribution in [3.05, 3.63) is 41.1 Å². The van der Waals surface area contributed by atoms with Crippen LogP contribution in [0, 0.1) is 5.82 Å². The summed E-state index contributed by atoms with van der Waals surface area (Å²) in [7, 11) is 0. The molecule has 168 valence electrons. The first-order valence-electron chi connectivity index (χ1n) is 10.1. The van der Waals surface area contributed by atoms with E-state index in [2.05, 4.69) is 25.3 Å². The number of benzene rings is 1. The number of halogens is 2. The van der Waals surface area contributed by atoms with E-state index in [1.165, 1.54) is 18.5 Å². The molecule has 2 aromatic heterocycles. The zero-order valence-corrected chi connectivity index (χ0v) is 18.0. The van der Waals surface area contributed by atoms with E-state index in [0.29, 0.717) is 29.8 Å². The zero-order valence-electron chi connectivity index (χ0n) is 17.3. The second-order valence-corrected chi connectivity index (χ2v) is 8.87. The van der Waals surface area contributed by atoms with Crippen molar-refractivity contribution in [2.75, 3.05) is 11.9 Å². The summed E-state index contributed by atoms with van der Waals surface area (Å²) in [5.41, 5.74) is 0.0488. The van der Waals surface area contributed by atoms with E-state index in [0.717, 1.165) is 0 Å². The fraction of sp³-hybridized carbons (Fsp3) is 0.429. The molecule has 0 amide bonds. The lowest BCUT2D eigenvalue weighted by atomic mass is 10.0. The second-order valence-electron chi connectivity index (χ2n) is 8.47. The number of nitrogens with one attached hydrogen (secondary N) is 1. The Balaban J connectivity index is 1.48. The summed E-state index contributed by atoms with van der Waals surface area (Å²) < 4.78 is 25.8. The van der Waals surface area contributed by atoms with Crippen molar-refractivity contribution < 1.29 is 24.1 Å². The van der Waals surface area contributed by atoms with Crippen molar-refractivity contribution in [1.29, 1.82) is 0 Å². The van der Waals surface area contributed by atoms with Gasteiger partial charge in [0, 0.05) is 5.56 Å². The minimum absolute atomic E-state index is 0.0395. The number of rotatable bonds is 4. The SMILES string of the molecule is CC(C)(O)c1cnc2cc(-c3nc(N[C@@H]4C[C@H]5CO[C@H](O5)[C@H]4O)ncc3Cl)cc(F)c2n1. The molecule has 5 rings (SSSR count). The van der Waals surface area contributed by atoms with Crippen LogP contribution in [0.15, 0.2) is 24.5 Å². The molecule has 4 heterocycles. The number of hydrogen-bond donors (Lipinski definition) is 3. The van der Waals surface area contributed by atoms with Gasteiger partial charge in [-0.25, -0.2) is 19.3 Å². The molecular weight excluding hydrogens is 441 g/mol. The van der Waals surface area contributed by atoms with Crippen LogP contribution in [0.2, 0.25) is 5.02 Å². The van der Waals surface area contributed by atoms with Gasteiger partial charge in [-0.05, 0) is 32.4 Å². The first kappa shape index (κ1) is 21.4. The summed E-state index contributed by atoms with van der Waals surface area (Å²) in [6, 6.07) is 2.52. The molecule has 3 N–H and O–H groups in total. The number of nitrogens with zero attached hydrogens (tertiary/aromatic N) is 4. The van der Waals surface area contributed by atoms with E-state index in [9.17, 15) is 14.6 Å². The maximum absolute atomic E-state index is 14.9. The first-order valence-corrected chi connectivity index (χ1v) is 10.5. The number of aliphatic hydroxyl groups excluding tert-OH is 1. The molecule has 3 aromatic rings. The van der Waals surface area contributed by atoms with Crippen LogP contribution in [0.1, 0.15) is 26.0 Å². The van der Waals surface area contributed by atoms with Crippen molar-refractivity contribution in [2.45, 2.75) is 50.4 Å². The highest BCUT2D eigenvalue weighted by atomic mass is 35.5. The van der Waals surface area contributed by atoms with Crippen LogP contribution in [0.5, 0.6) is 0 Å². The molecule has 2 aliphatic rings. The van der Waals surface area contributed by atoms with Gasteiger partial charge in [0.2, 0.25) is 5.95 Å². The Kier molecular flexibility index (Phi) is 5.22. The van der Waals surface area contributed by atoms with Gasteiger partial charge in [0.1, 0.15) is 17.2 Å². The van der Waals surface area contributed by atoms with Crippen molar-refractivity contribution in [1.82, 2.24) is 19.9 Å². The number of anilines is 1. The summed E-state index contributed by atoms with van der Waals surface area (Å²) in [4.78, 5) is 17.1. The third-order valence-corrected chi connectivity index (χ3v) is 5.82. The summed E-state index contributed by atoms with van der Waals surface area (Å²) in [6.07, 6.45) is 1.68. The fourth-order valence-electron chi connectivity index (χ4n) is 3.84. The van der Waals surface area contributed by atoms with Crippen LogP contribution in [0.25, 0.3) is 22.3 Å². The van der Waals surface area contributed by atoms with Gasteiger partial charge in [-0.1, -0.05) is 11.6 Å². The number of hydrogen-bond acceptors (Lipinski definition) is 9. The quantitative estimate of drug-likeness (QED) is 0.537. The van der Waals surface area contributed by atoms with Gasteiger partial charge in [-0.2, -0.15) is 0 Å². The number of aromatic nitrogens is 4. The maximum Gasteiger partial charge on any atom is 0.223 e. The van der Waals surface area contributed by atoms with Crippen LogP contribution in [-0.4, -0.2) is 61.3 Å². The summed E-state index contributed by atoms with van der Waals surface area (Å²) >= 11 is 6.31. The molecule has 0 aliphatic carbocycles. The van der Waals surface area contributed by atoms with Crippen molar-refractivity contribution in [2.24, 2.45) is 0 Å². The molecule has 1 aromatic carbocycles. The molecule has 0 unspecified atom stereocenters. The molecule has 0 radical (unpaired) electrons. The van der Waals surface area contributed by atoms with E-state index < -0.39 is 23.8 Å². The Labute approximate surface area is 187 Å². The number of fused-ring (bicyclic) bond motifs is 3. The second kappa shape index (κ2) is 7.82. The third kappa shape index (κ3) is 3.89. The lowest BCUT2D eigenvalue weighted by Crippen LogP contribution is -2.48. The summed E-state index contributed by atoms with van der Waals surface area (Å²) in [5.74, 6) is -0.382. The zero-order chi connectivity index (χ0) is 22.6. The third-order valence-electron chi connectivity index (χ3n) is 5.54. The van der Waals surface area contributed by atoms with Gasteiger partial charge in [0.15, 0.2) is 12.1 Å². The fourth-order valence-corrected chi connectivity index (χ4v) is 4.04. The smallest absolute Gasteiger partial charge is 0.223 e. The normalized spacial score (nSPS) is 25.3. The molecule has 2 bridgehead atoms. The summed E-state index contributed by atoms with van der Waals surface area (Å²) in [5, 5.41) is 23.9. The average molecular weight is 462 g/mol. The Morgan fingerprint density at radius 1 is 1.22 bits per heavy atom. The van der Waals surface area contributed by atoms with Gasteiger partial charge in [0.05, 0.1) is 53.1 Å². The highest BCUT2D eigenvalue weighted by Crippen LogP contribution is 2.32. The highest BCUT2D eigenvalue weighted by Gasteiger charge is 2.43. The number of ether oxygens (including phenoxy) is 2. The predicted octanol–water partition coefficient (Wildman–Crippen LogP) is 2.39. The van der Waals surface area contributed by atoms with Crippen LogP contribution in [0.3, 0.4) is 0 Å². The van der Waals surface area contributed by atoms with Gasteiger partial charge < -0.3 is 25.0 Å². The number of aliphatic hydroxyl groups is 2. The van der Waals surface area contributed by atoms with Gasteiger partial charge in [-0.3, -0.25) is 4.98 Å². The molecule has 32 heavy (non-hydrogen) atoms. The van der Waals surface area contributed by atoms with E-state index in [-0.39, 0.29) is 34.3 Å². The predicted molar refractivity (Wildman–Crippen MR) is 113 cm³/mol. The van der Waals surface area contributed by atoms with E-state index in [1.807, 2.05) is 0 Å². The Morgan fingerprint density at radius 2 is 2.03 bits per heavy atom. The van der Waals surface area contributed by atoms with Crippen LogP contribution in [-0.2, 0) is 15.1 Å². The Bertz CT molecular complexity index is 1190. The minimum atomic E-state index is -1.25. The molecule has 11 heteroatoms. The molecule has 0 saturated carbocycles. The Morgan fingerprint density at radius 3 is 2.81 bits per heavy atom. The summed E-state index contributed by atoms with van der Waals surface area (Å²) in [6.45, 7) is 3.54. The topological polar surface area (TPSA) is 123 Å². The van der Waals surface area contributed by atoms with Gasteiger partial charge >= 0.3 is 0 Å². The van der Waals surface area contributed by atoms with E-state index in [1.54, 1.807) is 19.9 Å². The molecule has 2 aliphatic heterocycles.